The Balaban J connectivity index is 1.38. The van der Waals surface area contributed by atoms with Crippen LogP contribution in [0.15, 0.2) is 24.3 Å². The van der Waals surface area contributed by atoms with Crippen molar-refractivity contribution in [2.24, 2.45) is 0 Å². The van der Waals surface area contributed by atoms with Crippen LogP contribution in [0.5, 0.6) is 0 Å². The van der Waals surface area contributed by atoms with Gasteiger partial charge in [0.05, 0.1) is 5.22 Å². The van der Waals surface area contributed by atoms with E-state index in [4.69, 9.17) is 4.74 Å². The maximum atomic E-state index is 6.15. The summed E-state index contributed by atoms with van der Waals surface area (Å²) in [5, 5.41) is 0.0883. The molecule has 0 saturated carbocycles. The second-order valence-electron chi connectivity index (χ2n) is 10.3. The van der Waals surface area contributed by atoms with Crippen LogP contribution in [-0.2, 0) is 16.4 Å². The zero-order valence-electron chi connectivity index (χ0n) is 21.1. The van der Waals surface area contributed by atoms with Crippen LogP contribution in [-0.4, -0.2) is 16.8 Å². The minimum absolute atomic E-state index is 0.0883. The van der Waals surface area contributed by atoms with Crippen molar-refractivity contribution in [1.82, 2.24) is 0 Å². The molecule has 0 aromatic heterocycles. The van der Waals surface area contributed by atoms with Crippen molar-refractivity contribution in [3.8, 4) is 0 Å². The molecule has 1 nitrogen and oxygen atoms in total. The number of ether oxygens (including phenoxy) is 1. The summed E-state index contributed by atoms with van der Waals surface area (Å²) in [6.45, 7) is 3.25. The average molecular weight is 445 g/mol. The number of unbranched alkanes of at least 4 members (excludes halogenated alkanes) is 15. The summed E-state index contributed by atoms with van der Waals surface area (Å²) in [4.78, 5) is 0. The Morgan fingerprint density at radius 2 is 1.16 bits per heavy atom. The molecule has 0 N–H and O–H groups in total. The first-order chi connectivity index (χ1) is 15.2. The van der Waals surface area contributed by atoms with E-state index in [1.54, 1.807) is 0 Å². The van der Waals surface area contributed by atoms with Crippen molar-refractivity contribution in [2.45, 2.75) is 141 Å². The van der Waals surface area contributed by atoms with Crippen molar-refractivity contribution in [3.63, 3.8) is 0 Å². The summed E-state index contributed by atoms with van der Waals surface area (Å²) in [6.07, 6.45) is 28.1. The van der Waals surface area contributed by atoms with Crippen LogP contribution >= 0.6 is 0 Å². The molecule has 1 atom stereocenters. The van der Waals surface area contributed by atoms with E-state index in [0.717, 1.165) is 16.8 Å². The third-order valence-corrected chi connectivity index (χ3v) is 8.72. The lowest BCUT2D eigenvalue weighted by Gasteiger charge is -2.34. The van der Waals surface area contributed by atoms with Crippen molar-refractivity contribution >= 4 is 10.2 Å². The minimum Gasteiger partial charge on any atom is -0.375 e. The lowest BCUT2D eigenvalue weighted by molar-refractivity contribution is -0.0210. The molecule has 0 amide bonds. The first kappa shape index (κ1) is 26.6. The van der Waals surface area contributed by atoms with Crippen molar-refractivity contribution < 1.29 is 4.74 Å². The summed E-state index contributed by atoms with van der Waals surface area (Å²) in [5.74, 6) is 0. The third kappa shape index (κ3) is 11.7. The molecule has 0 radical (unpaired) electrons. The van der Waals surface area contributed by atoms with Gasteiger partial charge in [-0.25, -0.2) is 0 Å². The molecular weight excluding hydrogens is 392 g/mol. The standard InChI is InChI=1S/C29H52OSi/c1-2-3-4-5-6-7-8-9-10-11-12-13-14-15-16-17-20-27-21-23-28(24-22-27)29(31)25-18-19-26-30-29/h21-24H,2-20,25-26H2,1,31H3. The molecule has 1 aliphatic heterocycles. The molecule has 1 aromatic carbocycles. The van der Waals surface area contributed by atoms with E-state index in [9.17, 15) is 0 Å². The molecule has 31 heavy (non-hydrogen) atoms. The molecule has 2 rings (SSSR count). The van der Waals surface area contributed by atoms with Gasteiger partial charge in [-0.05, 0) is 43.2 Å². The molecule has 0 aliphatic carbocycles. The summed E-state index contributed by atoms with van der Waals surface area (Å²) in [5.41, 5.74) is 2.93. The van der Waals surface area contributed by atoms with Crippen LogP contribution in [0.3, 0.4) is 0 Å². The highest BCUT2D eigenvalue weighted by molar-refractivity contribution is 6.14. The lowest BCUT2D eigenvalue weighted by atomic mass is 9.97. The summed E-state index contributed by atoms with van der Waals surface area (Å²) < 4.78 is 6.15. The first-order valence-corrected chi connectivity index (χ1v) is 15.0. The van der Waals surface area contributed by atoms with E-state index < -0.39 is 0 Å². The fraction of sp³-hybridized carbons (Fsp3) is 0.793. The second kappa shape index (κ2) is 17.0. The molecule has 1 aromatic rings. The predicted molar refractivity (Wildman–Crippen MR) is 141 cm³/mol. The highest BCUT2D eigenvalue weighted by Gasteiger charge is 2.29. The van der Waals surface area contributed by atoms with E-state index in [1.807, 2.05) is 0 Å². The Morgan fingerprint density at radius 3 is 1.61 bits per heavy atom. The van der Waals surface area contributed by atoms with Crippen LogP contribution in [0.25, 0.3) is 0 Å². The number of hydrogen-bond acceptors (Lipinski definition) is 1. The quantitative estimate of drug-likeness (QED) is 0.164. The molecule has 1 saturated heterocycles. The molecule has 0 bridgehead atoms. The topological polar surface area (TPSA) is 9.23 Å². The van der Waals surface area contributed by atoms with E-state index >= 15 is 0 Å². The molecule has 178 valence electrons. The zero-order chi connectivity index (χ0) is 22.0. The Bertz CT molecular complexity index is 532. The van der Waals surface area contributed by atoms with Crippen LogP contribution in [0, 0.1) is 0 Å². The van der Waals surface area contributed by atoms with Gasteiger partial charge in [0, 0.05) is 16.8 Å². The number of aryl methyl sites for hydroxylation is 1. The van der Waals surface area contributed by atoms with Gasteiger partial charge in [-0.2, -0.15) is 0 Å². The van der Waals surface area contributed by atoms with Gasteiger partial charge in [0.15, 0.2) is 0 Å². The van der Waals surface area contributed by atoms with Crippen molar-refractivity contribution in [2.75, 3.05) is 6.61 Å². The normalized spacial score (nSPS) is 19.1. The van der Waals surface area contributed by atoms with Gasteiger partial charge in [0.2, 0.25) is 0 Å². The summed E-state index contributed by atoms with van der Waals surface area (Å²) in [6, 6.07) is 9.41. The highest BCUT2D eigenvalue weighted by atomic mass is 28.1. The van der Waals surface area contributed by atoms with E-state index in [2.05, 4.69) is 31.2 Å². The third-order valence-electron chi connectivity index (χ3n) is 7.35. The average Bonchev–Trinajstić information content (AvgIpc) is 2.79. The smallest absolute Gasteiger partial charge is 0.0723 e. The minimum atomic E-state index is 0.0883. The largest absolute Gasteiger partial charge is 0.375 e. The van der Waals surface area contributed by atoms with Crippen LogP contribution in [0.4, 0.5) is 0 Å². The van der Waals surface area contributed by atoms with Gasteiger partial charge in [0.25, 0.3) is 0 Å². The van der Waals surface area contributed by atoms with Gasteiger partial charge >= 0.3 is 0 Å². The van der Waals surface area contributed by atoms with Crippen LogP contribution in [0.2, 0.25) is 0 Å². The number of hydrogen-bond donors (Lipinski definition) is 0. The molecule has 1 aliphatic rings. The van der Waals surface area contributed by atoms with E-state index in [0.29, 0.717) is 0 Å². The SMILES string of the molecule is CCCCCCCCCCCCCCCCCCc1ccc(C2([SiH3])CCCCO2)cc1. The Hall–Kier alpha value is -0.603. The Labute approximate surface area is 197 Å². The maximum absolute atomic E-state index is 6.15. The van der Waals surface area contributed by atoms with Gasteiger partial charge in [-0.15, -0.1) is 0 Å². The Morgan fingerprint density at radius 1 is 0.677 bits per heavy atom. The van der Waals surface area contributed by atoms with E-state index in [1.165, 1.54) is 140 Å². The van der Waals surface area contributed by atoms with Gasteiger partial charge in [-0.1, -0.05) is 128 Å². The fourth-order valence-electron chi connectivity index (χ4n) is 5.06. The summed E-state index contributed by atoms with van der Waals surface area (Å²) >= 11 is 0. The maximum Gasteiger partial charge on any atom is 0.0723 e. The molecule has 1 heterocycles. The highest BCUT2D eigenvalue weighted by Crippen LogP contribution is 2.32. The molecule has 2 heteroatoms. The second-order valence-corrected chi connectivity index (χ2v) is 11.9. The zero-order valence-corrected chi connectivity index (χ0v) is 23.1. The van der Waals surface area contributed by atoms with Crippen LogP contribution < -0.4 is 0 Å². The number of benzene rings is 1. The van der Waals surface area contributed by atoms with Crippen molar-refractivity contribution in [1.29, 1.82) is 0 Å². The van der Waals surface area contributed by atoms with E-state index in [-0.39, 0.29) is 5.22 Å². The monoisotopic (exact) mass is 444 g/mol. The van der Waals surface area contributed by atoms with Crippen molar-refractivity contribution in [3.05, 3.63) is 35.4 Å². The van der Waals surface area contributed by atoms with Gasteiger partial charge < -0.3 is 4.74 Å². The van der Waals surface area contributed by atoms with Crippen LogP contribution in [0.1, 0.15) is 140 Å². The van der Waals surface area contributed by atoms with Gasteiger partial charge in [0.1, 0.15) is 0 Å². The van der Waals surface area contributed by atoms with Gasteiger partial charge in [-0.3, -0.25) is 0 Å². The molecule has 1 fully saturated rings. The summed E-state index contributed by atoms with van der Waals surface area (Å²) in [7, 11) is 1.10. The Kier molecular flexibility index (Phi) is 14.6. The number of rotatable bonds is 18. The lowest BCUT2D eigenvalue weighted by Crippen LogP contribution is -2.33. The molecular formula is C29H52OSi. The first-order valence-electron chi connectivity index (χ1n) is 14.0. The molecule has 1 unspecified atom stereocenters. The fourth-order valence-corrected chi connectivity index (χ4v) is 5.95. The predicted octanol–water partition coefficient (Wildman–Crippen LogP) is 8.21. The molecule has 0 spiro atoms.